The highest BCUT2D eigenvalue weighted by Gasteiger charge is 2.39. The molecule has 1 aromatic heterocycles. The Labute approximate surface area is 183 Å². The summed E-state index contributed by atoms with van der Waals surface area (Å²) in [7, 11) is 0. The number of oxazole rings is 1. The van der Waals surface area contributed by atoms with Gasteiger partial charge in [0.05, 0.1) is 17.6 Å². The predicted octanol–water partition coefficient (Wildman–Crippen LogP) is 4.91. The van der Waals surface area contributed by atoms with Gasteiger partial charge in [-0.1, -0.05) is 24.3 Å². The molecule has 164 valence electrons. The van der Waals surface area contributed by atoms with E-state index < -0.39 is 23.5 Å². The molecule has 1 aliphatic rings. The lowest BCUT2D eigenvalue weighted by Crippen LogP contribution is -2.33. The average molecular weight is 437 g/mol. The highest BCUT2D eigenvalue weighted by atomic mass is 19.3. The molecule has 8 heteroatoms. The number of aromatic nitrogens is 1. The van der Waals surface area contributed by atoms with Gasteiger partial charge < -0.3 is 4.42 Å². The molecule has 0 fully saturated rings. The number of halogens is 2. The first kappa shape index (κ1) is 21.5. The van der Waals surface area contributed by atoms with E-state index in [9.17, 15) is 18.4 Å². The van der Waals surface area contributed by atoms with Gasteiger partial charge in [0.2, 0.25) is 5.89 Å². The molecule has 0 N–H and O–H groups in total. The maximum Gasteiger partial charge on any atom is 0.270 e. The topological polar surface area (TPSA) is 75.8 Å². The van der Waals surface area contributed by atoms with E-state index >= 15 is 0 Å². The lowest BCUT2D eigenvalue weighted by Gasteiger charge is -2.15. The Balaban J connectivity index is 1.55. The van der Waals surface area contributed by atoms with Crippen molar-refractivity contribution in [2.24, 2.45) is 11.0 Å². The first-order valence-corrected chi connectivity index (χ1v) is 10.1. The highest BCUT2D eigenvalue weighted by molar-refractivity contribution is 6.27. The Morgan fingerprint density at radius 2 is 1.91 bits per heavy atom. The molecule has 2 heterocycles. The minimum absolute atomic E-state index is 0.142. The minimum atomic E-state index is -3.01. The summed E-state index contributed by atoms with van der Waals surface area (Å²) in [4.78, 5) is 30.2. The van der Waals surface area contributed by atoms with Crippen molar-refractivity contribution in [2.45, 2.75) is 33.1 Å². The van der Waals surface area contributed by atoms with Crippen LogP contribution in [0.25, 0.3) is 11.5 Å². The monoisotopic (exact) mass is 437 g/mol. The molecule has 1 amide bonds. The van der Waals surface area contributed by atoms with E-state index in [0.29, 0.717) is 34.2 Å². The second-order valence-electron chi connectivity index (χ2n) is 7.88. The third-order valence-electron chi connectivity index (χ3n) is 5.22. The number of carbonyl (C=O) groups excluding carboxylic acids is 2. The van der Waals surface area contributed by atoms with Crippen LogP contribution in [0.3, 0.4) is 0 Å². The van der Waals surface area contributed by atoms with E-state index in [1.54, 1.807) is 50.4 Å². The fraction of sp³-hybridized carbons (Fsp3) is 0.250. The Kier molecular flexibility index (Phi) is 5.46. The number of anilines is 1. The number of carbonyl (C=O) groups is 2. The molecule has 1 unspecified atom stereocenters. The lowest BCUT2D eigenvalue weighted by atomic mass is 9.93. The number of nitrogens with zero attached hydrogens (tertiary/aromatic N) is 3. The number of ketones is 1. The van der Waals surface area contributed by atoms with Gasteiger partial charge in [0.1, 0.15) is 11.7 Å². The largest absolute Gasteiger partial charge is 0.441 e. The van der Waals surface area contributed by atoms with E-state index in [1.165, 1.54) is 23.2 Å². The smallest absolute Gasteiger partial charge is 0.270 e. The molecule has 2 aromatic carbocycles. The van der Waals surface area contributed by atoms with E-state index in [2.05, 4.69) is 10.1 Å². The Morgan fingerprint density at radius 1 is 1.16 bits per heavy atom. The molecule has 3 aromatic rings. The number of amides is 1. The Hall–Kier alpha value is -3.68. The van der Waals surface area contributed by atoms with Crippen LogP contribution in [-0.4, -0.2) is 22.4 Å². The fourth-order valence-corrected chi connectivity index (χ4v) is 3.64. The number of hydrogen-bond donors (Lipinski definition) is 0. The summed E-state index contributed by atoms with van der Waals surface area (Å²) in [6.45, 7) is 4.20. The SMILES string of the molecule is CC1=NN(c2cccc(-c3ncc(C)o3)c2)C(=O)C1C(=O)Cc1cccc(C(C)(F)F)c1. The normalized spacial score (nSPS) is 16.4. The van der Waals surface area contributed by atoms with Crippen LogP contribution in [0.2, 0.25) is 0 Å². The number of rotatable bonds is 6. The van der Waals surface area contributed by atoms with E-state index in [-0.39, 0.29) is 12.0 Å². The van der Waals surface area contributed by atoms with Crippen molar-refractivity contribution < 1.29 is 22.8 Å². The summed E-state index contributed by atoms with van der Waals surface area (Å²) in [5.74, 6) is -3.87. The second-order valence-corrected chi connectivity index (χ2v) is 7.88. The zero-order valence-corrected chi connectivity index (χ0v) is 17.8. The second kappa shape index (κ2) is 8.11. The maximum absolute atomic E-state index is 13.6. The van der Waals surface area contributed by atoms with Crippen LogP contribution >= 0.6 is 0 Å². The molecular weight excluding hydrogens is 416 g/mol. The zero-order valence-electron chi connectivity index (χ0n) is 17.8. The van der Waals surface area contributed by atoms with E-state index in [0.717, 1.165) is 6.92 Å². The van der Waals surface area contributed by atoms with Gasteiger partial charge in [0.15, 0.2) is 5.78 Å². The molecule has 32 heavy (non-hydrogen) atoms. The Morgan fingerprint density at radius 3 is 2.59 bits per heavy atom. The van der Waals surface area contributed by atoms with Crippen LogP contribution in [0.5, 0.6) is 0 Å². The van der Waals surface area contributed by atoms with Gasteiger partial charge in [-0.05, 0) is 43.7 Å². The van der Waals surface area contributed by atoms with Crippen molar-refractivity contribution in [3.8, 4) is 11.5 Å². The van der Waals surface area contributed by atoms with Crippen LogP contribution in [0, 0.1) is 12.8 Å². The summed E-state index contributed by atoms with van der Waals surface area (Å²) >= 11 is 0. The summed E-state index contributed by atoms with van der Waals surface area (Å²) in [6, 6.07) is 12.6. The van der Waals surface area contributed by atoms with Gasteiger partial charge >= 0.3 is 0 Å². The molecule has 1 aliphatic heterocycles. The lowest BCUT2D eigenvalue weighted by molar-refractivity contribution is -0.128. The number of hydrogen-bond acceptors (Lipinski definition) is 5. The first-order chi connectivity index (χ1) is 15.1. The van der Waals surface area contributed by atoms with Crippen LogP contribution < -0.4 is 5.01 Å². The fourth-order valence-electron chi connectivity index (χ4n) is 3.64. The predicted molar refractivity (Wildman–Crippen MR) is 115 cm³/mol. The summed E-state index contributed by atoms with van der Waals surface area (Å²) < 4.78 is 32.8. The van der Waals surface area contributed by atoms with Crippen LogP contribution in [0.4, 0.5) is 14.5 Å². The third kappa shape index (κ3) is 4.21. The molecule has 0 aliphatic carbocycles. The molecule has 1 atom stereocenters. The van der Waals surface area contributed by atoms with Crippen molar-refractivity contribution in [3.63, 3.8) is 0 Å². The van der Waals surface area contributed by atoms with Crippen molar-refractivity contribution in [2.75, 3.05) is 5.01 Å². The molecule has 4 rings (SSSR count). The van der Waals surface area contributed by atoms with Crippen LogP contribution in [0.1, 0.15) is 30.7 Å². The van der Waals surface area contributed by atoms with Crippen molar-refractivity contribution in [3.05, 3.63) is 71.6 Å². The van der Waals surface area contributed by atoms with Crippen molar-refractivity contribution in [1.29, 1.82) is 0 Å². The minimum Gasteiger partial charge on any atom is -0.441 e. The number of benzene rings is 2. The third-order valence-corrected chi connectivity index (χ3v) is 5.22. The van der Waals surface area contributed by atoms with Crippen molar-refractivity contribution in [1.82, 2.24) is 4.98 Å². The zero-order chi connectivity index (χ0) is 23.0. The van der Waals surface area contributed by atoms with Gasteiger partial charge in [-0.2, -0.15) is 10.1 Å². The van der Waals surface area contributed by atoms with Crippen molar-refractivity contribution >= 4 is 23.1 Å². The number of alkyl halides is 2. The van der Waals surface area contributed by atoms with Crippen LogP contribution in [0.15, 0.2) is 64.2 Å². The maximum atomic E-state index is 13.6. The van der Waals surface area contributed by atoms with Gasteiger partial charge in [-0.3, -0.25) is 9.59 Å². The van der Waals surface area contributed by atoms with Gasteiger partial charge in [-0.15, -0.1) is 0 Å². The average Bonchev–Trinajstić information content (AvgIpc) is 3.30. The summed E-state index contributed by atoms with van der Waals surface area (Å²) in [5.41, 5.74) is 1.75. The number of Topliss-reactive ketones (excluding diaryl/α,β-unsaturated/α-hetero) is 1. The molecule has 0 saturated heterocycles. The quantitative estimate of drug-likeness (QED) is 0.514. The number of aryl methyl sites for hydroxylation is 1. The number of hydrazone groups is 1. The standard InChI is InChI=1S/C24H21F2N3O3/c1-14-13-27-22(32-14)17-7-5-9-19(12-17)29-23(31)21(15(2)28-29)20(30)11-16-6-4-8-18(10-16)24(3,25)26/h4-10,12-13,21H,11H2,1-3H3. The summed E-state index contributed by atoms with van der Waals surface area (Å²) in [5, 5.41) is 5.48. The molecular formula is C24H21F2N3O3. The van der Waals surface area contributed by atoms with E-state index in [4.69, 9.17) is 4.42 Å². The van der Waals surface area contributed by atoms with E-state index in [1.807, 2.05) is 0 Å². The summed E-state index contributed by atoms with van der Waals surface area (Å²) in [6.07, 6.45) is 1.46. The first-order valence-electron chi connectivity index (χ1n) is 10.1. The molecule has 6 nitrogen and oxygen atoms in total. The van der Waals surface area contributed by atoms with Gasteiger partial charge in [0.25, 0.3) is 11.8 Å². The van der Waals surface area contributed by atoms with Crippen LogP contribution in [-0.2, 0) is 21.9 Å². The van der Waals surface area contributed by atoms with Gasteiger partial charge in [0, 0.05) is 24.5 Å². The molecule has 0 radical (unpaired) electrons. The van der Waals surface area contributed by atoms with Gasteiger partial charge in [-0.25, -0.2) is 13.8 Å². The molecule has 0 spiro atoms. The molecule has 0 bridgehead atoms. The Bertz CT molecular complexity index is 1230. The highest BCUT2D eigenvalue weighted by Crippen LogP contribution is 2.30. The molecule has 0 saturated carbocycles.